The lowest BCUT2D eigenvalue weighted by atomic mass is 10.0. The Hall–Kier alpha value is -0.930. The highest BCUT2D eigenvalue weighted by molar-refractivity contribution is 9.10. The zero-order valence-corrected chi connectivity index (χ0v) is 13.0. The van der Waals surface area contributed by atoms with Gasteiger partial charge in [-0.1, -0.05) is 35.0 Å². The van der Waals surface area contributed by atoms with Crippen molar-refractivity contribution >= 4 is 26.8 Å². The van der Waals surface area contributed by atoms with Crippen LogP contribution in [0.5, 0.6) is 0 Å². The molecule has 0 atom stereocenters. The van der Waals surface area contributed by atoms with E-state index in [0.29, 0.717) is 0 Å². The van der Waals surface area contributed by atoms with Gasteiger partial charge in [-0.3, -0.25) is 4.98 Å². The van der Waals surface area contributed by atoms with E-state index in [1.165, 1.54) is 30.2 Å². The van der Waals surface area contributed by atoms with Crippen molar-refractivity contribution in [2.45, 2.75) is 32.6 Å². The summed E-state index contributed by atoms with van der Waals surface area (Å²) in [6.07, 6.45) is 6.63. The molecule has 2 rings (SSSR count). The number of hydrogen-bond acceptors (Lipinski definition) is 2. The molecule has 1 aromatic carbocycles. The summed E-state index contributed by atoms with van der Waals surface area (Å²) in [6, 6.07) is 8.44. The van der Waals surface area contributed by atoms with Crippen LogP contribution in [0.1, 0.15) is 31.7 Å². The molecule has 0 amide bonds. The number of rotatable bonds is 7. The monoisotopic (exact) mass is 320 g/mol. The summed E-state index contributed by atoms with van der Waals surface area (Å²) < 4.78 is 1.13. The predicted octanol–water partition coefficient (Wildman–Crippen LogP) is 4.32. The number of pyridine rings is 1. The molecule has 1 aromatic heterocycles. The Balaban J connectivity index is 1.96. The minimum atomic E-state index is 1.11. The Morgan fingerprint density at radius 3 is 2.89 bits per heavy atom. The molecule has 1 N–H and O–H groups in total. The third-order valence-corrected chi connectivity index (χ3v) is 3.97. The number of hydrogen-bond donors (Lipinski definition) is 1. The van der Waals surface area contributed by atoms with Gasteiger partial charge in [0.25, 0.3) is 0 Å². The first kappa shape index (κ1) is 14.5. The first-order valence-electron chi connectivity index (χ1n) is 7.05. The average molecular weight is 321 g/mol. The van der Waals surface area contributed by atoms with Crippen LogP contribution in [0.2, 0.25) is 0 Å². The molecule has 0 unspecified atom stereocenters. The van der Waals surface area contributed by atoms with E-state index >= 15 is 0 Å². The largest absolute Gasteiger partial charge is 0.317 e. The van der Waals surface area contributed by atoms with Crippen LogP contribution in [0.3, 0.4) is 0 Å². The third kappa shape index (κ3) is 4.02. The van der Waals surface area contributed by atoms with Crippen LogP contribution in [-0.2, 0) is 6.42 Å². The van der Waals surface area contributed by atoms with Crippen molar-refractivity contribution in [1.82, 2.24) is 10.3 Å². The number of halogens is 1. The molecule has 2 nitrogen and oxygen atoms in total. The summed E-state index contributed by atoms with van der Waals surface area (Å²) >= 11 is 3.59. The highest BCUT2D eigenvalue weighted by atomic mass is 79.9. The van der Waals surface area contributed by atoms with Crippen LogP contribution in [0, 0.1) is 0 Å². The van der Waals surface area contributed by atoms with E-state index in [9.17, 15) is 0 Å². The maximum atomic E-state index is 4.52. The van der Waals surface area contributed by atoms with E-state index in [0.717, 1.165) is 29.5 Å². The topological polar surface area (TPSA) is 24.9 Å². The normalized spacial score (nSPS) is 11.1. The molecule has 0 saturated heterocycles. The van der Waals surface area contributed by atoms with Crippen LogP contribution in [0.25, 0.3) is 10.9 Å². The standard InChI is InChI=1S/C16H21BrN2/c1-2-10-18-11-4-3-6-13-8-9-15(17)14-7-5-12-19-16(13)14/h5,7-9,12,18H,2-4,6,10-11H2,1H3. The fourth-order valence-electron chi connectivity index (χ4n) is 2.27. The molecular formula is C16H21BrN2. The van der Waals surface area contributed by atoms with Gasteiger partial charge in [-0.05, 0) is 56.5 Å². The van der Waals surface area contributed by atoms with Gasteiger partial charge in [0.15, 0.2) is 0 Å². The molecule has 0 bridgehead atoms. The summed E-state index contributed by atoms with van der Waals surface area (Å²) in [6.45, 7) is 4.45. The van der Waals surface area contributed by atoms with Gasteiger partial charge in [-0.25, -0.2) is 0 Å². The molecule has 0 saturated carbocycles. The summed E-state index contributed by atoms with van der Waals surface area (Å²) in [5.74, 6) is 0. The molecule has 0 aliphatic rings. The van der Waals surface area contributed by atoms with E-state index in [2.05, 4.69) is 51.4 Å². The molecule has 0 aliphatic heterocycles. The van der Waals surface area contributed by atoms with Crippen molar-refractivity contribution < 1.29 is 0 Å². The van der Waals surface area contributed by atoms with Crippen molar-refractivity contribution in [2.75, 3.05) is 13.1 Å². The lowest BCUT2D eigenvalue weighted by Gasteiger charge is -2.07. The van der Waals surface area contributed by atoms with E-state index in [1.54, 1.807) is 0 Å². The van der Waals surface area contributed by atoms with Crippen molar-refractivity contribution in [3.8, 4) is 0 Å². The summed E-state index contributed by atoms with van der Waals surface area (Å²) in [5, 5.41) is 4.66. The first-order chi connectivity index (χ1) is 9.33. The second-order valence-electron chi connectivity index (χ2n) is 4.81. The SMILES string of the molecule is CCCNCCCCc1ccc(Br)c2cccnc12. The molecular weight excluding hydrogens is 300 g/mol. The Kier molecular flexibility index (Phi) is 5.80. The Bertz CT molecular complexity index is 525. The fourth-order valence-corrected chi connectivity index (χ4v) is 2.72. The van der Waals surface area contributed by atoms with E-state index in [1.807, 2.05) is 12.3 Å². The number of nitrogens with zero attached hydrogens (tertiary/aromatic N) is 1. The minimum absolute atomic E-state index is 1.11. The number of aryl methyl sites for hydroxylation is 1. The molecule has 0 fully saturated rings. The van der Waals surface area contributed by atoms with E-state index < -0.39 is 0 Å². The minimum Gasteiger partial charge on any atom is -0.317 e. The van der Waals surface area contributed by atoms with Crippen LogP contribution >= 0.6 is 15.9 Å². The Morgan fingerprint density at radius 2 is 2.05 bits per heavy atom. The highest BCUT2D eigenvalue weighted by Gasteiger charge is 2.04. The zero-order valence-electron chi connectivity index (χ0n) is 11.5. The van der Waals surface area contributed by atoms with Gasteiger partial charge in [-0.2, -0.15) is 0 Å². The average Bonchev–Trinajstić information content (AvgIpc) is 2.45. The summed E-state index contributed by atoms with van der Waals surface area (Å²) in [7, 11) is 0. The second-order valence-corrected chi connectivity index (χ2v) is 5.67. The smallest absolute Gasteiger partial charge is 0.0745 e. The van der Waals surface area contributed by atoms with Gasteiger partial charge in [0.05, 0.1) is 5.52 Å². The fraction of sp³-hybridized carbons (Fsp3) is 0.438. The van der Waals surface area contributed by atoms with E-state index in [4.69, 9.17) is 0 Å². The van der Waals surface area contributed by atoms with Crippen LogP contribution in [-0.4, -0.2) is 18.1 Å². The first-order valence-corrected chi connectivity index (χ1v) is 7.85. The van der Waals surface area contributed by atoms with Crippen molar-refractivity contribution in [2.24, 2.45) is 0 Å². The van der Waals surface area contributed by atoms with Crippen molar-refractivity contribution in [3.05, 3.63) is 40.5 Å². The number of fused-ring (bicyclic) bond motifs is 1. The predicted molar refractivity (Wildman–Crippen MR) is 85.5 cm³/mol. The Labute approximate surface area is 123 Å². The molecule has 102 valence electrons. The van der Waals surface area contributed by atoms with Gasteiger partial charge in [-0.15, -0.1) is 0 Å². The van der Waals surface area contributed by atoms with E-state index in [-0.39, 0.29) is 0 Å². The summed E-state index contributed by atoms with van der Waals surface area (Å²) in [4.78, 5) is 4.52. The van der Waals surface area contributed by atoms with Gasteiger partial charge >= 0.3 is 0 Å². The van der Waals surface area contributed by atoms with Gasteiger partial charge in [0.1, 0.15) is 0 Å². The van der Waals surface area contributed by atoms with Crippen LogP contribution < -0.4 is 5.32 Å². The van der Waals surface area contributed by atoms with Crippen LogP contribution in [0.4, 0.5) is 0 Å². The molecule has 0 spiro atoms. The van der Waals surface area contributed by atoms with Gasteiger partial charge < -0.3 is 5.32 Å². The molecule has 0 radical (unpaired) electrons. The highest BCUT2D eigenvalue weighted by Crippen LogP contribution is 2.25. The lowest BCUT2D eigenvalue weighted by Crippen LogP contribution is -2.15. The second kappa shape index (κ2) is 7.61. The Morgan fingerprint density at radius 1 is 1.16 bits per heavy atom. The quantitative estimate of drug-likeness (QED) is 0.768. The number of benzene rings is 1. The van der Waals surface area contributed by atoms with Gasteiger partial charge in [0, 0.05) is 16.1 Å². The zero-order chi connectivity index (χ0) is 13.5. The number of unbranched alkanes of at least 4 members (excludes halogenated alkanes) is 1. The van der Waals surface area contributed by atoms with Crippen molar-refractivity contribution in [1.29, 1.82) is 0 Å². The van der Waals surface area contributed by atoms with Crippen LogP contribution in [0.15, 0.2) is 34.9 Å². The molecule has 0 aliphatic carbocycles. The maximum absolute atomic E-state index is 4.52. The van der Waals surface area contributed by atoms with Crippen molar-refractivity contribution in [3.63, 3.8) is 0 Å². The maximum Gasteiger partial charge on any atom is 0.0745 e. The third-order valence-electron chi connectivity index (χ3n) is 3.28. The number of aromatic nitrogens is 1. The lowest BCUT2D eigenvalue weighted by molar-refractivity contribution is 0.617. The molecule has 19 heavy (non-hydrogen) atoms. The molecule has 3 heteroatoms. The number of nitrogens with one attached hydrogen (secondary N) is 1. The molecule has 1 heterocycles. The summed E-state index contributed by atoms with van der Waals surface area (Å²) in [5.41, 5.74) is 2.49. The molecule has 2 aromatic rings. The van der Waals surface area contributed by atoms with Gasteiger partial charge in [0.2, 0.25) is 0 Å².